The molecule has 0 fully saturated rings. The van der Waals surface area contributed by atoms with Crippen LogP contribution in [0.25, 0.3) is 0 Å². The third kappa shape index (κ3) is 30.8. The van der Waals surface area contributed by atoms with Crippen LogP contribution in [-0.2, 0) is 22.4 Å². The van der Waals surface area contributed by atoms with Gasteiger partial charge in [-0.05, 0) is 0 Å². The molecule has 2 atom stereocenters. The van der Waals surface area contributed by atoms with Gasteiger partial charge in [-0.25, -0.2) is 9.98 Å². The number of nitrogens with one attached hydrogen (secondary N) is 2. The number of aliphatic hydroxyl groups excluding tert-OH is 2. The van der Waals surface area contributed by atoms with Gasteiger partial charge in [0.25, 0.3) is 10.5 Å². The van der Waals surface area contributed by atoms with E-state index >= 15 is 0 Å². The molecule has 216 valence electrons. The highest BCUT2D eigenvalue weighted by molar-refractivity contribution is 8.28. The first-order chi connectivity index (χ1) is 18.0. The van der Waals surface area contributed by atoms with Crippen molar-refractivity contribution >= 4 is 150 Å². The summed E-state index contributed by atoms with van der Waals surface area (Å²) in [5.74, 6) is 1.73. The minimum absolute atomic E-state index is 0.0543. The molecule has 0 radical (unpaired) electrons. The normalized spacial score (nSPS) is 13.3. The molecular weight excluding hydrogens is 697 g/mol. The highest BCUT2D eigenvalue weighted by Gasteiger charge is 2.07. The van der Waals surface area contributed by atoms with Gasteiger partial charge in [-0.2, -0.15) is 0 Å². The molecule has 0 aliphatic carbocycles. The SMILES string of the molecule is O=C(NCSC/N=C/[S+]([O-])CSCSC(=O)NCSC/N=C/[S+]([O-])CSCSCO)SCSCSCO. The highest BCUT2D eigenvalue weighted by Crippen LogP contribution is 2.18. The number of aliphatic hydroxyl groups is 2. The van der Waals surface area contributed by atoms with E-state index in [0.717, 1.165) is 16.8 Å². The van der Waals surface area contributed by atoms with E-state index < -0.39 is 22.4 Å². The van der Waals surface area contributed by atoms with E-state index in [1.807, 2.05) is 0 Å². The predicted molar refractivity (Wildman–Crippen MR) is 181 cm³/mol. The van der Waals surface area contributed by atoms with Gasteiger partial charge in [0.15, 0.2) is 10.2 Å². The fourth-order valence-corrected chi connectivity index (χ4v) is 11.2. The van der Waals surface area contributed by atoms with Gasteiger partial charge in [0.2, 0.25) is 11.1 Å². The first kappa shape index (κ1) is 39.0. The first-order valence-electron chi connectivity index (χ1n) is 9.81. The molecule has 0 aromatic heterocycles. The van der Waals surface area contributed by atoms with E-state index in [2.05, 4.69) is 20.6 Å². The molecule has 0 heterocycles. The topological polar surface area (TPSA) is 169 Å². The summed E-state index contributed by atoms with van der Waals surface area (Å²) in [6.07, 6.45) is 0. The number of thioether (sulfide) groups is 9. The van der Waals surface area contributed by atoms with Crippen molar-refractivity contribution in [3.8, 4) is 0 Å². The lowest BCUT2D eigenvalue weighted by Crippen LogP contribution is -2.18. The number of rotatable bonds is 24. The predicted octanol–water partition coefficient (Wildman–Crippen LogP) is 4.03. The number of amides is 2. The maximum Gasteiger partial charge on any atom is 0.280 e. The van der Waals surface area contributed by atoms with E-state index in [9.17, 15) is 18.7 Å². The van der Waals surface area contributed by atoms with Crippen LogP contribution < -0.4 is 10.6 Å². The van der Waals surface area contributed by atoms with Crippen LogP contribution in [0.3, 0.4) is 0 Å². The molecule has 0 saturated carbocycles. The quantitative estimate of drug-likeness (QED) is 0.0370. The van der Waals surface area contributed by atoms with Gasteiger partial charge in [-0.1, -0.05) is 47.0 Å². The summed E-state index contributed by atoms with van der Waals surface area (Å²) in [5, 5.41) is 25.8. The van der Waals surface area contributed by atoms with Crippen molar-refractivity contribution in [1.29, 1.82) is 0 Å². The third-order valence-corrected chi connectivity index (χ3v) is 14.3. The second-order valence-electron chi connectivity index (χ2n) is 5.50. The van der Waals surface area contributed by atoms with Crippen molar-refractivity contribution in [1.82, 2.24) is 10.6 Å². The lowest BCUT2D eigenvalue weighted by atomic mass is 11.2. The number of aliphatic imine (C=N–C) groups is 2. The number of nitrogens with zero attached hydrogens (tertiary/aromatic N) is 2. The maximum atomic E-state index is 11.9. The smallest absolute Gasteiger partial charge is 0.280 e. The fraction of sp³-hybridized carbons (Fsp3) is 0.750. The van der Waals surface area contributed by atoms with Crippen LogP contribution in [0, 0.1) is 0 Å². The van der Waals surface area contributed by atoms with Gasteiger partial charge in [-0.3, -0.25) is 9.59 Å². The molecule has 2 unspecified atom stereocenters. The second kappa shape index (κ2) is 30.9. The van der Waals surface area contributed by atoms with Gasteiger partial charge < -0.3 is 30.0 Å². The van der Waals surface area contributed by atoms with Gasteiger partial charge >= 0.3 is 0 Å². The number of carbonyl (C=O) groups excluding carboxylic acids is 2. The van der Waals surface area contributed by atoms with Crippen LogP contribution >= 0.6 is 106 Å². The maximum absolute atomic E-state index is 11.9. The molecule has 0 rings (SSSR count). The van der Waals surface area contributed by atoms with Crippen LogP contribution in [-0.4, -0.2) is 107 Å². The largest absolute Gasteiger partial charge is 0.610 e. The molecule has 4 N–H and O–H groups in total. The minimum Gasteiger partial charge on any atom is -0.610 e. The lowest BCUT2D eigenvalue weighted by molar-refractivity contribution is 0.261. The third-order valence-electron chi connectivity index (χ3n) is 2.81. The molecular formula is C16H30N4O6S11. The Morgan fingerprint density at radius 1 is 0.676 bits per heavy atom. The average Bonchev–Trinajstić information content (AvgIpc) is 2.88. The van der Waals surface area contributed by atoms with Gasteiger partial charge in [0, 0.05) is 37.6 Å². The van der Waals surface area contributed by atoms with Gasteiger partial charge in [-0.15, -0.1) is 58.8 Å². The van der Waals surface area contributed by atoms with Crippen molar-refractivity contribution in [2.24, 2.45) is 9.98 Å². The molecule has 10 nitrogen and oxygen atoms in total. The molecule has 0 spiro atoms. The summed E-state index contributed by atoms with van der Waals surface area (Å²) >= 11 is 9.87. The lowest BCUT2D eigenvalue weighted by Gasteiger charge is -2.06. The zero-order chi connectivity index (χ0) is 27.4. The Hall–Kier alpha value is 1.97. The summed E-state index contributed by atoms with van der Waals surface area (Å²) in [4.78, 5) is 31.5. The zero-order valence-electron chi connectivity index (χ0n) is 19.6. The second-order valence-corrected chi connectivity index (χ2v) is 18.9. The van der Waals surface area contributed by atoms with E-state index in [0.29, 0.717) is 48.9 Å². The van der Waals surface area contributed by atoms with Crippen molar-refractivity contribution in [3.05, 3.63) is 0 Å². The molecule has 0 aromatic rings. The van der Waals surface area contributed by atoms with E-state index in [1.54, 1.807) is 11.8 Å². The molecule has 0 saturated heterocycles. The summed E-state index contributed by atoms with van der Waals surface area (Å²) in [6.45, 7) is 0. The molecule has 21 heteroatoms. The first-order valence-corrected chi connectivity index (χ1v) is 22.6. The van der Waals surface area contributed by atoms with E-state index in [4.69, 9.17) is 10.2 Å². The molecule has 0 aliphatic heterocycles. The molecule has 37 heavy (non-hydrogen) atoms. The van der Waals surface area contributed by atoms with Crippen molar-refractivity contribution < 1.29 is 28.9 Å². The monoisotopic (exact) mass is 726 g/mol. The molecule has 0 aliphatic rings. The van der Waals surface area contributed by atoms with Gasteiger partial charge in [0.1, 0.15) is 0 Å². The van der Waals surface area contributed by atoms with E-state index in [-0.39, 0.29) is 22.4 Å². The van der Waals surface area contributed by atoms with Crippen molar-refractivity contribution in [2.75, 3.05) is 65.9 Å². The van der Waals surface area contributed by atoms with Gasteiger partial charge in [0.05, 0.1) is 40.5 Å². The van der Waals surface area contributed by atoms with E-state index in [1.165, 1.54) is 93.4 Å². The van der Waals surface area contributed by atoms with Crippen LogP contribution in [0.1, 0.15) is 0 Å². The summed E-state index contributed by atoms with van der Waals surface area (Å²) in [7, 11) is 0. The van der Waals surface area contributed by atoms with Crippen LogP contribution in [0.5, 0.6) is 0 Å². The van der Waals surface area contributed by atoms with Crippen molar-refractivity contribution in [2.45, 2.75) is 0 Å². The zero-order valence-corrected chi connectivity index (χ0v) is 28.5. The Labute approximate surface area is 262 Å². The van der Waals surface area contributed by atoms with Crippen LogP contribution in [0.4, 0.5) is 9.59 Å². The summed E-state index contributed by atoms with van der Waals surface area (Å²) < 4.78 is 23.6. The molecule has 0 aromatic carbocycles. The minimum atomic E-state index is -1.23. The fourth-order valence-electron chi connectivity index (χ4n) is 1.46. The van der Waals surface area contributed by atoms with Crippen molar-refractivity contribution in [3.63, 3.8) is 0 Å². The Kier molecular flexibility index (Phi) is 32.6. The average molecular weight is 727 g/mol. The molecule has 0 bridgehead atoms. The standard InChI is InChI=1S/C16H30N4O6S11/c21-7-29-9-31-11-34-15(23)19-3-27-2-18-6-37(26)14-33-12-35-16(24)20-4-28-1-17-5-36(25)13-32-10-30-8-22/h5-6,21-22H,1-4,7-14H2,(H,19,23)(H,20,24)/b17-5+,18-6+. The summed E-state index contributed by atoms with van der Waals surface area (Å²) in [5.41, 5.74) is 2.79. The van der Waals surface area contributed by atoms with Crippen LogP contribution in [0.15, 0.2) is 9.98 Å². The Morgan fingerprint density at radius 2 is 1.11 bits per heavy atom. The number of carbonyl (C=O) groups is 2. The Balaban J connectivity index is 3.57. The van der Waals surface area contributed by atoms with Crippen LogP contribution in [0.2, 0.25) is 0 Å². The highest BCUT2D eigenvalue weighted by atomic mass is 32.3. The Bertz CT molecular complexity index is 630. The number of hydrogen-bond acceptors (Lipinski definition) is 17. The Morgan fingerprint density at radius 3 is 1.59 bits per heavy atom. The summed E-state index contributed by atoms with van der Waals surface area (Å²) in [6, 6.07) is 0. The molecule has 2 amide bonds. The number of hydrogen-bond donors (Lipinski definition) is 4.